The quantitative estimate of drug-likeness (QED) is 0.124. The molecule has 0 fully saturated rings. The molecule has 8 heteroatoms. The summed E-state index contributed by atoms with van der Waals surface area (Å²) in [4.78, 5) is 25.3. The molecule has 0 radical (unpaired) electrons. The molecule has 11 aromatic rings. The molecule has 58 heavy (non-hydrogen) atoms. The van der Waals surface area contributed by atoms with Crippen LogP contribution in [0.1, 0.15) is 16.7 Å². The van der Waals surface area contributed by atoms with Crippen LogP contribution in [-0.2, 0) is 6.54 Å². The van der Waals surface area contributed by atoms with Gasteiger partial charge in [-0.05, 0) is 31.0 Å². The Morgan fingerprint density at radius 1 is 0.586 bits per heavy atom. The van der Waals surface area contributed by atoms with Crippen LogP contribution in [0, 0.1) is 0 Å². The van der Waals surface area contributed by atoms with E-state index in [1.54, 1.807) is 22.7 Å². The molecule has 0 spiro atoms. The van der Waals surface area contributed by atoms with Crippen molar-refractivity contribution in [1.29, 1.82) is 0 Å². The van der Waals surface area contributed by atoms with E-state index in [2.05, 4.69) is 121 Å². The summed E-state index contributed by atoms with van der Waals surface area (Å²) in [6.07, 6.45) is 0. The van der Waals surface area contributed by atoms with E-state index in [-0.39, 0.29) is 0 Å². The highest BCUT2D eigenvalue weighted by molar-refractivity contribution is 7.26. The number of nitrogens with zero attached hydrogens (tertiary/aromatic N) is 5. The summed E-state index contributed by atoms with van der Waals surface area (Å²) in [5.41, 5.74) is 8.40. The molecule has 0 saturated carbocycles. The second-order valence-corrected chi connectivity index (χ2v) is 16.2. The van der Waals surface area contributed by atoms with Gasteiger partial charge in [0.15, 0.2) is 17.5 Å². The first-order valence-corrected chi connectivity index (χ1v) is 20.6. The van der Waals surface area contributed by atoms with Crippen LogP contribution >= 0.6 is 22.7 Å². The van der Waals surface area contributed by atoms with E-state index in [4.69, 9.17) is 24.4 Å². The van der Waals surface area contributed by atoms with Gasteiger partial charge < -0.3 is 4.42 Å². The summed E-state index contributed by atoms with van der Waals surface area (Å²) in [6.45, 7) is 4.27. The summed E-state index contributed by atoms with van der Waals surface area (Å²) in [6, 6.07) is 56.0. The van der Waals surface area contributed by atoms with Crippen molar-refractivity contribution in [3.63, 3.8) is 0 Å². The Bertz CT molecular complexity index is 3450. The molecule has 4 aromatic heterocycles. The van der Waals surface area contributed by atoms with Crippen LogP contribution in [0.3, 0.4) is 0 Å². The maximum absolute atomic E-state index is 6.39. The van der Waals surface area contributed by atoms with Crippen molar-refractivity contribution in [2.45, 2.75) is 6.54 Å². The van der Waals surface area contributed by atoms with Gasteiger partial charge in [-0.3, -0.25) is 4.99 Å². The smallest absolute Gasteiger partial charge is 0.161 e. The summed E-state index contributed by atoms with van der Waals surface area (Å²) < 4.78 is 10.9. The number of furan rings is 1. The molecular weight excluding hydrogens is 751 g/mol. The molecule has 7 aromatic carbocycles. The maximum atomic E-state index is 6.39. The predicted octanol–water partition coefficient (Wildman–Crippen LogP) is 13.5. The van der Waals surface area contributed by atoms with Crippen LogP contribution in [0.15, 0.2) is 183 Å². The monoisotopic (exact) mass is 781 g/mol. The van der Waals surface area contributed by atoms with Gasteiger partial charge >= 0.3 is 0 Å². The average Bonchev–Trinajstić information content (AvgIpc) is 3.98. The Hall–Kier alpha value is -7.13. The molecule has 0 amide bonds. The molecule has 0 unspecified atom stereocenters. The number of para-hydroxylation sites is 2. The number of amidine groups is 2. The molecule has 0 aliphatic heterocycles. The van der Waals surface area contributed by atoms with Crippen molar-refractivity contribution in [3.05, 3.63) is 180 Å². The Kier molecular flexibility index (Phi) is 8.31. The lowest BCUT2D eigenvalue weighted by atomic mass is 10.0. The molecule has 0 saturated heterocycles. The van der Waals surface area contributed by atoms with Crippen LogP contribution in [0.2, 0.25) is 0 Å². The number of thiophene rings is 2. The number of aliphatic imine (C=N–C) groups is 3. The Morgan fingerprint density at radius 3 is 2.19 bits per heavy atom. The lowest BCUT2D eigenvalue weighted by Gasteiger charge is -2.09. The molecule has 11 rings (SSSR count). The van der Waals surface area contributed by atoms with E-state index in [1.807, 2.05) is 54.6 Å². The molecule has 0 aliphatic rings. The van der Waals surface area contributed by atoms with Gasteiger partial charge in [-0.2, -0.15) is 0 Å². The summed E-state index contributed by atoms with van der Waals surface area (Å²) >= 11 is 3.49. The maximum Gasteiger partial charge on any atom is 0.161 e. The number of hydrogen-bond donors (Lipinski definition) is 0. The van der Waals surface area contributed by atoms with Crippen LogP contribution in [0.25, 0.3) is 85.1 Å². The minimum absolute atomic E-state index is 0.360. The number of rotatable bonds is 6. The SMILES string of the molecule is C=NC(=NC(=NCc1cccc2c1oc1ccccc12)c1cccc2sc3cc(-c4nc(-c5ccccc5)c5sc6ccccc6c5n4)ccc3c12)c1ccccc1. The molecule has 274 valence electrons. The summed E-state index contributed by atoms with van der Waals surface area (Å²) in [5, 5.41) is 5.49. The molecule has 0 atom stereocenters. The van der Waals surface area contributed by atoms with Gasteiger partial charge in [-0.25, -0.2) is 20.0 Å². The van der Waals surface area contributed by atoms with Gasteiger partial charge in [-0.1, -0.05) is 140 Å². The third kappa shape index (κ3) is 5.81. The number of hydrogen-bond acceptors (Lipinski definition) is 6. The van der Waals surface area contributed by atoms with Crippen molar-refractivity contribution in [2.24, 2.45) is 15.0 Å². The second-order valence-electron chi connectivity index (χ2n) is 14.0. The highest BCUT2D eigenvalue weighted by Gasteiger charge is 2.20. The largest absolute Gasteiger partial charge is 0.456 e. The molecule has 0 aliphatic carbocycles. The van der Waals surface area contributed by atoms with E-state index in [1.165, 1.54) is 4.70 Å². The zero-order valence-corrected chi connectivity index (χ0v) is 32.6. The van der Waals surface area contributed by atoms with Crippen LogP contribution in [0.4, 0.5) is 0 Å². The number of aromatic nitrogens is 2. The Labute approximate surface area is 340 Å². The normalized spacial score (nSPS) is 12.5. The van der Waals surface area contributed by atoms with Crippen LogP contribution in [0.5, 0.6) is 0 Å². The van der Waals surface area contributed by atoms with Crippen molar-refractivity contribution in [2.75, 3.05) is 0 Å². The predicted molar refractivity (Wildman–Crippen MR) is 245 cm³/mol. The van der Waals surface area contributed by atoms with Gasteiger partial charge in [0, 0.05) is 68.8 Å². The van der Waals surface area contributed by atoms with Gasteiger partial charge in [0.05, 0.1) is 22.5 Å². The van der Waals surface area contributed by atoms with Crippen molar-refractivity contribution in [1.82, 2.24) is 9.97 Å². The molecule has 4 heterocycles. The van der Waals surface area contributed by atoms with Gasteiger partial charge in [0.25, 0.3) is 0 Å². The van der Waals surface area contributed by atoms with E-state index in [0.717, 1.165) is 91.2 Å². The third-order valence-electron chi connectivity index (χ3n) is 10.5. The highest BCUT2D eigenvalue weighted by Crippen LogP contribution is 2.42. The lowest BCUT2D eigenvalue weighted by molar-refractivity contribution is 0.663. The van der Waals surface area contributed by atoms with E-state index in [0.29, 0.717) is 24.0 Å². The van der Waals surface area contributed by atoms with E-state index in [9.17, 15) is 0 Å². The number of fused-ring (bicyclic) bond motifs is 9. The van der Waals surface area contributed by atoms with Crippen molar-refractivity contribution in [3.8, 4) is 22.6 Å². The first kappa shape index (κ1) is 34.1. The summed E-state index contributed by atoms with van der Waals surface area (Å²) in [7, 11) is 0. The van der Waals surface area contributed by atoms with Gasteiger partial charge in [-0.15, -0.1) is 22.7 Å². The fourth-order valence-corrected chi connectivity index (χ4v) is 10.1. The fourth-order valence-electron chi connectivity index (χ4n) is 7.81. The zero-order valence-electron chi connectivity index (χ0n) is 31.0. The van der Waals surface area contributed by atoms with Crippen LogP contribution in [-0.4, -0.2) is 28.4 Å². The zero-order chi connectivity index (χ0) is 38.6. The third-order valence-corrected chi connectivity index (χ3v) is 12.8. The molecule has 0 bridgehead atoms. The molecular formula is C50H31N5OS2. The first-order valence-electron chi connectivity index (χ1n) is 19.0. The van der Waals surface area contributed by atoms with E-state index >= 15 is 0 Å². The average molecular weight is 782 g/mol. The summed E-state index contributed by atoms with van der Waals surface area (Å²) in [5.74, 6) is 1.77. The lowest BCUT2D eigenvalue weighted by Crippen LogP contribution is -2.06. The minimum atomic E-state index is 0.360. The first-order chi connectivity index (χ1) is 28.7. The van der Waals surface area contributed by atoms with Crippen molar-refractivity contribution >= 4 is 103 Å². The standard InChI is InChI=1S/C50H31N5OS2/c1-51-48(31-16-6-3-7-17-31)55-50(52-29-33-18-12-21-35-34-19-8-10-23-39(34)56-46(33)35)38-22-13-25-41-43(38)36-27-26-32(28-42(36)57-41)49-53-44(30-14-4-2-5-15-30)47-45(54-49)37-20-9-11-24-40(37)58-47/h2-28H,1,29H2. The van der Waals surface area contributed by atoms with Gasteiger partial charge in [0.2, 0.25) is 0 Å². The molecule has 0 N–H and O–H groups in total. The van der Waals surface area contributed by atoms with Crippen molar-refractivity contribution < 1.29 is 4.42 Å². The van der Waals surface area contributed by atoms with E-state index < -0.39 is 0 Å². The fraction of sp³-hybridized carbons (Fsp3) is 0.0200. The Balaban J connectivity index is 1.08. The number of benzene rings is 7. The van der Waals surface area contributed by atoms with Crippen LogP contribution < -0.4 is 0 Å². The van der Waals surface area contributed by atoms with Gasteiger partial charge in [0.1, 0.15) is 11.2 Å². The second kappa shape index (κ2) is 14.1. The highest BCUT2D eigenvalue weighted by atomic mass is 32.1. The Morgan fingerprint density at radius 2 is 1.33 bits per heavy atom. The molecule has 6 nitrogen and oxygen atoms in total. The topological polar surface area (TPSA) is 76.0 Å². The minimum Gasteiger partial charge on any atom is -0.456 e.